The smallest absolute Gasteiger partial charge is 0.311 e. The molecule has 1 amide bonds. The molecule has 2 atom stereocenters. The Balaban J connectivity index is 1.96. The number of aliphatic carboxylic acids is 1. The number of benzene rings is 1. The molecular formula is C16H20N2O3. The summed E-state index contributed by atoms with van der Waals surface area (Å²) in [7, 11) is 0. The van der Waals surface area contributed by atoms with Crippen molar-refractivity contribution in [3.63, 3.8) is 0 Å². The average Bonchev–Trinajstić information content (AvgIpc) is 2.93. The molecule has 0 aromatic heterocycles. The van der Waals surface area contributed by atoms with Crippen LogP contribution in [0.5, 0.6) is 0 Å². The summed E-state index contributed by atoms with van der Waals surface area (Å²) >= 11 is 0. The van der Waals surface area contributed by atoms with Crippen molar-refractivity contribution in [2.24, 2.45) is 0 Å². The molecule has 0 radical (unpaired) electrons. The Labute approximate surface area is 123 Å². The van der Waals surface area contributed by atoms with Crippen LogP contribution in [0.2, 0.25) is 0 Å². The first-order chi connectivity index (χ1) is 10.0. The van der Waals surface area contributed by atoms with E-state index in [1.807, 2.05) is 31.2 Å². The van der Waals surface area contributed by atoms with Crippen LogP contribution in [0.25, 0.3) is 0 Å². The molecule has 3 rings (SSSR count). The molecule has 1 aromatic rings. The summed E-state index contributed by atoms with van der Waals surface area (Å²) in [5, 5.41) is 12.6. The maximum atomic E-state index is 12.9. The van der Waals surface area contributed by atoms with Crippen LogP contribution in [-0.4, -0.2) is 35.6 Å². The topological polar surface area (TPSA) is 69.6 Å². The van der Waals surface area contributed by atoms with Gasteiger partial charge in [0.05, 0.1) is 11.5 Å². The van der Waals surface area contributed by atoms with Crippen molar-refractivity contribution in [3.8, 4) is 0 Å². The molecule has 2 aliphatic heterocycles. The number of amides is 1. The third kappa shape index (κ3) is 2.31. The molecule has 2 heterocycles. The van der Waals surface area contributed by atoms with Crippen molar-refractivity contribution >= 4 is 17.6 Å². The summed E-state index contributed by atoms with van der Waals surface area (Å²) in [6.07, 6.45) is 2.29. The zero-order valence-corrected chi connectivity index (χ0v) is 12.1. The molecule has 5 nitrogen and oxygen atoms in total. The fraction of sp³-hybridized carbons (Fsp3) is 0.500. The molecule has 5 heteroatoms. The lowest BCUT2D eigenvalue weighted by Gasteiger charge is -2.37. The van der Waals surface area contributed by atoms with Gasteiger partial charge in [0, 0.05) is 12.2 Å². The Morgan fingerprint density at radius 1 is 1.38 bits per heavy atom. The highest BCUT2D eigenvalue weighted by atomic mass is 16.4. The van der Waals surface area contributed by atoms with Gasteiger partial charge in [-0.3, -0.25) is 9.59 Å². The summed E-state index contributed by atoms with van der Waals surface area (Å²) in [6.45, 7) is 3.26. The van der Waals surface area contributed by atoms with Gasteiger partial charge in [-0.25, -0.2) is 0 Å². The number of fused-ring (bicyclic) bond motifs is 1. The number of rotatable bonds is 2. The zero-order valence-electron chi connectivity index (χ0n) is 12.1. The van der Waals surface area contributed by atoms with Crippen LogP contribution < -0.4 is 10.2 Å². The summed E-state index contributed by atoms with van der Waals surface area (Å²) in [6, 6.07) is 7.35. The maximum absolute atomic E-state index is 12.9. The normalized spacial score (nSPS) is 28.2. The number of carbonyl (C=O) groups is 2. The van der Waals surface area contributed by atoms with E-state index in [4.69, 9.17) is 0 Å². The average molecular weight is 288 g/mol. The molecule has 0 saturated carbocycles. The van der Waals surface area contributed by atoms with E-state index in [0.29, 0.717) is 13.0 Å². The minimum atomic E-state index is -0.820. The molecule has 2 N–H and O–H groups in total. The van der Waals surface area contributed by atoms with Crippen LogP contribution in [0.4, 0.5) is 5.69 Å². The second-order valence-corrected chi connectivity index (χ2v) is 6.06. The Kier molecular flexibility index (Phi) is 3.45. The van der Waals surface area contributed by atoms with Crippen molar-refractivity contribution in [2.75, 3.05) is 18.0 Å². The van der Waals surface area contributed by atoms with E-state index in [9.17, 15) is 14.7 Å². The van der Waals surface area contributed by atoms with Gasteiger partial charge in [0.2, 0.25) is 5.91 Å². The van der Waals surface area contributed by atoms with Crippen molar-refractivity contribution in [3.05, 3.63) is 29.8 Å². The third-order valence-electron chi connectivity index (χ3n) is 4.63. The van der Waals surface area contributed by atoms with Gasteiger partial charge in [-0.15, -0.1) is 0 Å². The quantitative estimate of drug-likeness (QED) is 0.869. The lowest BCUT2D eigenvalue weighted by molar-refractivity contribution is -0.139. The van der Waals surface area contributed by atoms with Crippen LogP contribution in [-0.2, 0) is 9.59 Å². The molecule has 2 unspecified atom stereocenters. The lowest BCUT2D eigenvalue weighted by Crippen LogP contribution is -2.54. The van der Waals surface area contributed by atoms with Gasteiger partial charge in [0.15, 0.2) is 0 Å². The van der Waals surface area contributed by atoms with Crippen LogP contribution >= 0.6 is 0 Å². The number of anilines is 1. The molecule has 1 saturated heterocycles. The predicted molar refractivity (Wildman–Crippen MR) is 79.4 cm³/mol. The fourth-order valence-electron chi connectivity index (χ4n) is 3.40. The van der Waals surface area contributed by atoms with E-state index < -0.39 is 17.4 Å². The molecule has 1 aromatic carbocycles. The van der Waals surface area contributed by atoms with Gasteiger partial charge >= 0.3 is 5.97 Å². The van der Waals surface area contributed by atoms with Crippen molar-refractivity contribution in [1.82, 2.24) is 5.32 Å². The number of hydrogen-bond donors (Lipinski definition) is 2. The van der Waals surface area contributed by atoms with Gasteiger partial charge in [0.1, 0.15) is 0 Å². The standard InChI is InChI=1S/C16H20N2O3/c1-16(8-4-9-17-16)15(21)18-10-7-12(14(19)20)11-5-2-3-6-13(11)18/h2-3,5-6,12,17H,4,7-10H2,1H3,(H,19,20). The van der Waals surface area contributed by atoms with Gasteiger partial charge in [-0.1, -0.05) is 18.2 Å². The Bertz CT molecular complexity index is 579. The minimum absolute atomic E-state index is 0.0521. The van der Waals surface area contributed by atoms with Gasteiger partial charge < -0.3 is 15.3 Å². The van der Waals surface area contributed by atoms with Crippen LogP contribution in [0.3, 0.4) is 0 Å². The highest BCUT2D eigenvalue weighted by molar-refractivity contribution is 6.02. The number of carbonyl (C=O) groups excluding carboxylic acids is 1. The SMILES string of the molecule is CC1(C(=O)N2CCC(C(=O)O)c3ccccc32)CCCN1. The molecular weight excluding hydrogens is 268 g/mol. The van der Waals surface area contributed by atoms with Crippen molar-refractivity contribution < 1.29 is 14.7 Å². The number of hydrogen-bond acceptors (Lipinski definition) is 3. The lowest BCUT2D eigenvalue weighted by atomic mass is 9.88. The molecule has 0 bridgehead atoms. The number of para-hydroxylation sites is 1. The third-order valence-corrected chi connectivity index (χ3v) is 4.63. The van der Waals surface area contributed by atoms with Crippen LogP contribution in [0.1, 0.15) is 37.7 Å². The van der Waals surface area contributed by atoms with Crippen molar-refractivity contribution in [2.45, 2.75) is 37.6 Å². The first-order valence-corrected chi connectivity index (χ1v) is 7.42. The number of nitrogens with zero attached hydrogens (tertiary/aromatic N) is 1. The van der Waals surface area contributed by atoms with E-state index in [-0.39, 0.29) is 5.91 Å². The number of carboxylic acid groups (broad SMARTS) is 1. The Hall–Kier alpha value is -1.88. The fourth-order valence-corrected chi connectivity index (χ4v) is 3.40. The van der Waals surface area contributed by atoms with Crippen LogP contribution in [0.15, 0.2) is 24.3 Å². The molecule has 112 valence electrons. The minimum Gasteiger partial charge on any atom is -0.481 e. The van der Waals surface area contributed by atoms with E-state index in [0.717, 1.165) is 30.6 Å². The largest absolute Gasteiger partial charge is 0.481 e. The molecule has 1 fully saturated rings. The highest BCUT2D eigenvalue weighted by Crippen LogP contribution is 2.37. The van der Waals surface area contributed by atoms with E-state index >= 15 is 0 Å². The molecule has 21 heavy (non-hydrogen) atoms. The second-order valence-electron chi connectivity index (χ2n) is 6.06. The van der Waals surface area contributed by atoms with Gasteiger partial charge in [-0.2, -0.15) is 0 Å². The summed E-state index contributed by atoms with van der Waals surface area (Å²) < 4.78 is 0. The Morgan fingerprint density at radius 3 is 2.81 bits per heavy atom. The Morgan fingerprint density at radius 2 is 2.14 bits per heavy atom. The molecule has 2 aliphatic rings. The second kappa shape index (κ2) is 5.15. The monoisotopic (exact) mass is 288 g/mol. The highest BCUT2D eigenvalue weighted by Gasteiger charge is 2.42. The number of carboxylic acids is 1. The number of nitrogens with one attached hydrogen (secondary N) is 1. The predicted octanol–water partition coefficient (Wildman–Crippen LogP) is 1.73. The van der Waals surface area contributed by atoms with Crippen molar-refractivity contribution in [1.29, 1.82) is 0 Å². The van der Waals surface area contributed by atoms with Gasteiger partial charge in [-0.05, 0) is 44.4 Å². The molecule has 0 aliphatic carbocycles. The van der Waals surface area contributed by atoms with Crippen LogP contribution in [0, 0.1) is 0 Å². The summed E-state index contributed by atoms with van der Waals surface area (Å²) in [5.41, 5.74) is 0.964. The summed E-state index contributed by atoms with van der Waals surface area (Å²) in [4.78, 5) is 26.0. The first kappa shape index (κ1) is 14.1. The van der Waals surface area contributed by atoms with E-state index in [2.05, 4.69) is 5.32 Å². The summed E-state index contributed by atoms with van der Waals surface area (Å²) in [5.74, 6) is -1.29. The van der Waals surface area contributed by atoms with E-state index in [1.54, 1.807) is 4.90 Å². The maximum Gasteiger partial charge on any atom is 0.311 e. The first-order valence-electron chi connectivity index (χ1n) is 7.42. The van der Waals surface area contributed by atoms with Gasteiger partial charge in [0.25, 0.3) is 0 Å². The van der Waals surface area contributed by atoms with E-state index in [1.165, 1.54) is 0 Å². The molecule has 0 spiro atoms. The zero-order chi connectivity index (χ0) is 15.0.